The third-order valence-electron chi connectivity index (χ3n) is 3.44. The van der Waals surface area contributed by atoms with Gasteiger partial charge in [0.05, 0.1) is 0 Å². The van der Waals surface area contributed by atoms with E-state index in [-0.39, 0.29) is 10.8 Å². The molecule has 2 atom stereocenters. The molecule has 9 heteroatoms. The smallest absolute Gasteiger partial charge is 0.444 e. The first-order valence-electron chi connectivity index (χ1n) is 7.54. The minimum Gasteiger partial charge on any atom is -0.444 e. The van der Waals surface area contributed by atoms with Crippen LogP contribution in [0, 0.1) is 10.8 Å². The summed E-state index contributed by atoms with van der Waals surface area (Å²) >= 11 is 0. The summed E-state index contributed by atoms with van der Waals surface area (Å²) in [6.07, 6.45) is -4.10. The first-order chi connectivity index (χ1) is 10.7. The SMILES string of the molecule is CC(OC(=O)NOC(=O)ONC(=O)OC(C)C(C)(C)C)C(C)(C)C. The van der Waals surface area contributed by atoms with Gasteiger partial charge in [0.1, 0.15) is 12.2 Å². The van der Waals surface area contributed by atoms with Crippen molar-refractivity contribution in [3.8, 4) is 0 Å². The highest BCUT2D eigenvalue weighted by Crippen LogP contribution is 2.22. The number of carbonyl (C=O) groups is 3. The topological polar surface area (TPSA) is 112 Å². The summed E-state index contributed by atoms with van der Waals surface area (Å²) in [7, 11) is 0. The van der Waals surface area contributed by atoms with Gasteiger partial charge in [-0.3, -0.25) is 0 Å². The Labute approximate surface area is 142 Å². The van der Waals surface area contributed by atoms with E-state index in [1.807, 2.05) is 41.5 Å². The predicted octanol–water partition coefficient (Wildman–Crippen LogP) is 3.29. The zero-order chi connectivity index (χ0) is 19.1. The molecular formula is C15H28N2O7. The molecule has 0 fully saturated rings. The van der Waals surface area contributed by atoms with Crippen LogP contribution in [0.1, 0.15) is 55.4 Å². The minimum absolute atomic E-state index is 0.271. The summed E-state index contributed by atoms with van der Waals surface area (Å²) in [5.41, 5.74) is 2.95. The Balaban J connectivity index is 4.07. The van der Waals surface area contributed by atoms with Crippen molar-refractivity contribution in [2.45, 2.75) is 67.6 Å². The van der Waals surface area contributed by atoms with Crippen LogP contribution in [0.3, 0.4) is 0 Å². The molecule has 0 radical (unpaired) electrons. The standard InChI is InChI=1S/C15H28N2O7/c1-9(14(3,4)5)21-11(18)16-23-13(20)24-17-12(19)22-10(2)15(6,7)8/h9-10H,1-8H3,(H,16,18)(H,17,19). The van der Waals surface area contributed by atoms with Gasteiger partial charge in [0.25, 0.3) is 0 Å². The van der Waals surface area contributed by atoms with Crippen LogP contribution in [0.4, 0.5) is 14.4 Å². The average Bonchev–Trinajstić information content (AvgIpc) is 2.40. The van der Waals surface area contributed by atoms with Gasteiger partial charge in [-0.05, 0) is 24.7 Å². The molecule has 2 unspecified atom stereocenters. The number of amides is 2. The molecule has 0 spiro atoms. The van der Waals surface area contributed by atoms with Gasteiger partial charge in [0.15, 0.2) is 0 Å². The molecule has 0 aromatic heterocycles. The average molecular weight is 348 g/mol. The number of carbonyl (C=O) groups excluding carboxylic acids is 3. The van der Waals surface area contributed by atoms with E-state index in [9.17, 15) is 14.4 Å². The minimum atomic E-state index is -1.35. The number of nitrogens with one attached hydrogen (secondary N) is 2. The molecule has 0 aliphatic rings. The van der Waals surface area contributed by atoms with Crippen LogP contribution in [0.15, 0.2) is 0 Å². The molecule has 0 rings (SSSR count). The number of rotatable bonds is 2. The van der Waals surface area contributed by atoms with Gasteiger partial charge in [-0.25, -0.2) is 9.59 Å². The maximum absolute atomic E-state index is 11.4. The predicted molar refractivity (Wildman–Crippen MR) is 84.6 cm³/mol. The number of hydroxylamine groups is 2. The van der Waals surface area contributed by atoms with E-state index >= 15 is 0 Å². The van der Waals surface area contributed by atoms with Gasteiger partial charge < -0.3 is 19.1 Å². The largest absolute Gasteiger partial charge is 0.558 e. The molecule has 0 aromatic carbocycles. The normalized spacial score (nSPS) is 14.0. The van der Waals surface area contributed by atoms with Gasteiger partial charge >= 0.3 is 18.3 Å². The lowest BCUT2D eigenvalue weighted by atomic mass is 9.90. The summed E-state index contributed by atoms with van der Waals surface area (Å²) in [6, 6.07) is 0. The van der Waals surface area contributed by atoms with Gasteiger partial charge in [0, 0.05) is 0 Å². The Kier molecular flexibility index (Phi) is 7.82. The lowest BCUT2D eigenvalue weighted by molar-refractivity contribution is -0.0341. The lowest BCUT2D eigenvalue weighted by Gasteiger charge is -2.26. The fourth-order valence-corrected chi connectivity index (χ4v) is 0.910. The van der Waals surface area contributed by atoms with Crippen LogP contribution >= 0.6 is 0 Å². The quantitative estimate of drug-likeness (QED) is 0.581. The number of hydrogen-bond donors (Lipinski definition) is 2. The highest BCUT2D eigenvalue weighted by molar-refractivity contribution is 5.71. The molecule has 0 aromatic rings. The van der Waals surface area contributed by atoms with E-state index in [1.165, 1.54) is 0 Å². The second-order valence-electron chi connectivity index (χ2n) is 7.49. The van der Waals surface area contributed by atoms with E-state index in [0.717, 1.165) is 0 Å². The molecular weight excluding hydrogens is 320 g/mol. The summed E-state index contributed by atoms with van der Waals surface area (Å²) < 4.78 is 9.97. The van der Waals surface area contributed by atoms with Crippen molar-refractivity contribution in [1.82, 2.24) is 11.0 Å². The van der Waals surface area contributed by atoms with Crippen molar-refractivity contribution < 1.29 is 33.5 Å². The van der Waals surface area contributed by atoms with E-state index < -0.39 is 30.5 Å². The second-order valence-corrected chi connectivity index (χ2v) is 7.49. The molecule has 0 aliphatic heterocycles. The van der Waals surface area contributed by atoms with Gasteiger partial charge in [-0.2, -0.15) is 4.79 Å². The van der Waals surface area contributed by atoms with E-state index in [2.05, 4.69) is 9.68 Å². The van der Waals surface area contributed by atoms with Crippen LogP contribution < -0.4 is 11.0 Å². The van der Waals surface area contributed by atoms with Crippen molar-refractivity contribution in [2.24, 2.45) is 10.8 Å². The van der Waals surface area contributed by atoms with E-state index in [1.54, 1.807) is 24.8 Å². The third-order valence-corrected chi connectivity index (χ3v) is 3.44. The van der Waals surface area contributed by atoms with Crippen molar-refractivity contribution in [3.63, 3.8) is 0 Å². The molecule has 2 amide bonds. The Morgan fingerprint density at radius 2 is 1.00 bits per heavy atom. The molecule has 2 N–H and O–H groups in total. The molecule has 0 heterocycles. The Morgan fingerprint density at radius 3 is 1.25 bits per heavy atom. The van der Waals surface area contributed by atoms with Crippen LogP contribution in [-0.2, 0) is 19.1 Å². The molecule has 0 saturated carbocycles. The summed E-state index contributed by atoms with van der Waals surface area (Å²) in [6.45, 7) is 14.7. The van der Waals surface area contributed by atoms with Crippen LogP contribution in [0.5, 0.6) is 0 Å². The monoisotopic (exact) mass is 348 g/mol. The van der Waals surface area contributed by atoms with Crippen LogP contribution in [0.25, 0.3) is 0 Å². The fourth-order valence-electron chi connectivity index (χ4n) is 0.910. The molecule has 0 saturated heterocycles. The third kappa shape index (κ3) is 9.06. The van der Waals surface area contributed by atoms with Crippen molar-refractivity contribution in [1.29, 1.82) is 0 Å². The van der Waals surface area contributed by atoms with Crippen molar-refractivity contribution in [2.75, 3.05) is 0 Å². The first-order valence-corrected chi connectivity index (χ1v) is 7.54. The number of hydrogen-bond acceptors (Lipinski definition) is 7. The van der Waals surface area contributed by atoms with Crippen LogP contribution in [-0.4, -0.2) is 30.5 Å². The molecule has 9 nitrogen and oxygen atoms in total. The Morgan fingerprint density at radius 1 is 0.708 bits per heavy atom. The summed E-state index contributed by atoms with van der Waals surface area (Å²) in [5, 5.41) is 0. The van der Waals surface area contributed by atoms with E-state index in [0.29, 0.717) is 0 Å². The summed E-state index contributed by atoms with van der Waals surface area (Å²) in [4.78, 5) is 42.6. The maximum Gasteiger partial charge on any atom is 0.558 e. The van der Waals surface area contributed by atoms with Gasteiger partial charge in [-0.1, -0.05) is 41.5 Å². The summed E-state index contributed by atoms with van der Waals surface area (Å²) in [5.74, 6) is 0. The zero-order valence-corrected chi connectivity index (χ0v) is 15.5. The molecule has 0 bridgehead atoms. The highest BCUT2D eigenvalue weighted by Gasteiger charge is 2.25. The first kappa shape index (κ1) is 21.8. The maximum atomic E-state index is 11.4. The van der Waals surface area contributed by atoms with E-state index in [4.69, 9.17) is 9.47 Å². The molecule has 140 valence electrons. The Hall–Kier alpha value is -2.19. The van der Waals surface area contributed by atoms with Gasteiger partial charge in [0.2, 0.25) is 0 Å². The lowest BCUT2D eigenvalue weighted by Crippen LogP contribution is -2.38. The molecule has 24 heavy (non-hydrogen) atoms. The van der Waals surface area contributed by atoms with Crippen molar-refractivity contribution >= 4 is 18.3 Å². The fraction of sp³-hybridized carbons (Fsp3) is 0.800. The van der Waals surface area contributed by atoms with Gasteiger partial charge in [-0.15, -0.1) is 11.0 Å². The zero-order valence-electron chi connectivity index (χ0n) is 15.5. The van der Waals surface area contributed by atoms with Crippen molar-refractivity contribution in [3.05, 3.63) is 0 Å². The molecule has 0 aliphatic carbocycles. The Bertz CT molecular complexity index is 412. The van der Waals surface area contributed by atoms with Crippen LogP contribution in [0.2, 0.25) is 0 Å². The number of ether oxygens (including phenoxy) is 2. The highest BCUT2D eigenvalue weighted by atomic mass is 16.9. The second kappa shape index (κ2) is 8.60.